The standard InChI is InChI=1S/C23H29N3O3S/c1-4-5-6-9-16-29-18-14-12-17(13-15-18)21(27)25-23(30)24-20-11-8-7-10-19(20)22(28)26(2)3/h7-8,10-15H,4-6,9,16H2,1-3H3,(H2,24,25,27,30). The molecule has 7 heteroatoms. The number of hydrogen-bond donors (Lipinski definition) is 2. The van der Waals surface area contributed by atoms with Gasteiger partial charge in [0.05, 0.1) is 17.9 Å². The summed E-state index contributed by atoms with van der Waals surface area (Å²) in [6, 6.07) is 14.0. The van der Waals surface area contributed by atoms with Crippen LogP contribution < -0.4 is 15.4 Å². The number of unbranched alkanes of at least 4 members (excludes halogenated alkanes) is 3. The van der Waals surface area contributed by atoms with E-state index in [0.717, 1.165) is 18.6 Å². The first-order valence-electron chi connectivity index (χ1n) is 10.1. The van der Waals surface area contributed by atoms with Gasteiger partial charge in [-0.05, 0) is 55.0 Å². The van der Waals surface area contributed by atoms with E-state index < -0.39 is 0 Å². The van der Waals surface area contributed by atoms with Crippen molar-refractivity contribution in [3.05, 3.63) is 59.7 Å². The Bertz CT molecular complexity index is 866. The number of amides is 2. The van der Waals surface area contributed by atoms with Crippen LogP contribution in [0.25, 0.3) is 0 Å². The lowest BCUT2D eigenvalue weighted by molar-refractivity contribution is 0.0828. The van der Waals surface area contributed by atoms with Crippen LogP contribution in [0, 0.1) is 0 Å². The monoisotopic (exact) mass is 427 g/mol. The van der Waals surface area contributed by atoms with Crippen molar-refractivity contribution in [1.29, 1.82) is 0 Å². The highest BCUT2D eigenvalue weighted by Crippen LogP contribution is 2.17. The van der Waals surface area contributed by atoms with Crippen LogP contribution in [0.5, 0.6) is 5.75 Å². The third kappa shape index (κ3) is 7.15. The zero-order valence-electron chi connectivity index (χ0n) is 17.7. The molecule has 0 aliphatic carbocycles. The SMILES string of the molecule is CCCCCCOc1ccc(C(=O)NC(=S)Nc2ccccc2C(=O)N(C)C)cc1. The molecule has 2 N–H and O–H groups in total. The summed E-state index contributed by atoms with van der Waals surface area (Å²) in [4.78, 5) is 26.2. The van der Waals surface area contributed by atoms with Crippen molar-refractivity contribution in [2.24, 2.45) is 0 Å². The Kier molecular flexibility index (Phi) is 9.28. The van der Waals surface area contributed by atoms with Gasteiger partial charge < -0.3 is 15.0 Å². The van der Waals surface area contributed by atoms with Crippen molar-refractivity contribution >= 4 is 34.8 Å². The largest absolute Gasteiger partial charge is 0.494 e. The zero-order chi connectivity index (χ0) is 21.9. The number of thiocarbonyl (C=S) groups is 1. The van der Waals surface area contributed by atoms with Gasteiger partial charge in [0.25, 0.3) is 11.8 Å². The second-order valence-corrected chi connectivity index (χ2v) is 7.50. The van der Waals surface area contributed by atoms with Crippen LogP contribution in [0.15, 0.2) is 48.5 Å². The average Bonchev–Trinajstić information content (AvgIpc) is 2.73. The number of rotatable bonds is 9. The third-order valence-electron chi connectivity index (χ3n) is 4.42. The van der Waals surface area contributed by atoms with Gasteiger partial charge in [-0.2, -0.15) is 0 Å². The first-order chi connectivity index (χ1) is 14.4. The molecule has 0 saturated carbocycles. The molecule has 30 heavy (non-hydrogen) atoms. The molecular formula is C23H29N3O3S. The van der Waals surface area contributed by atoms with Gasteiger partial charge in [0, 0.05) is 19.7 Å². The van der Waals surface area contributed by atoms with Gasteiger partial charge in [-0.3, -0.25) is 14.9 Å². The molecule has 160 valence electrons. The Hall–Kier alpha value is -2.93. The maximum atomic E-state index is 12.5. The van der Waals surface area contributed by atoms with Crippen LogP contribution in [0.1, 0.15) is 53.3 Å². The molecule has 0 aromatic heterocycles. The molecular weight excluding hydrogens is 398 g/mol. The Labute approximate surface area is 183 Å². The van der Waals surface area contributed by atoms with Crippen molar-refractivity contribution in [2.45, 2.75) is 32.6 Å². The molecule has 0 saturated heterocycles. The summed E-state index contributed by atoms with van der Waals surface area (Å²) in [6.07, 6.45) is 4.58. The summed E-state index contributed by atoms with van der Waals surface area (Å²) in [6.45, 7) is 2.85. The van der Waals surface area contributed by atoms with E-state index in [1.54, 1.807) is 62.6 Å². The highest BCUT2D eigenvalue weighted by atomic mass is 32.1. The average molecular weight is 428 g/mol. The molecule has 0 spiro atoms. The van der Waals surface area contributed by atoms with E-state index in [1.807, 2.05) is 0 Å². The first kappa shape index (κ1) is 23.3. The summed E-state index contributed by atoms with van der Waals surface area (Å²) in [5, 5.41) is 5.69. The van der Waals surface area contributed by atoms with Crippen molar-refractivity contribution in [2.75, 3.05) is 26.0 Å². The van der Waals surface area contributed by atoms with E-state index in [-0.39, 0.29) is 16.9 Å². The Morgan fingerprint density at radius 3 is 2.37 bits per heavy atom. The number of nitrogens with one attached hydrogen (secondary N) is 2. The van der Waals surface area contributed by atoms with E-state index in [2.05, 4.69) is 17.6 Å². The number of carbonyl (C=O) groups excluding carboxylic acids is 2. The number of anilines is 1. The number of nitrogens with zero attached hydrogens (tertiary/aromatic N) is 1. The summed E-state index contributed by atoms with van der Waals surface area (Å²) < 4.78 is 5.70. The van der Waals surface area contributed by atoms with Gasteiger partial charge >= 0.3 is 0 Å². The minimum absolute atomic E-state index is 0.121. The van der Waals surface area contributed by atoms with Crippen LogP contribution in [0.4, 0.5) is 5.69 Å². The molecule has 2 aromatic rings. The first-order valence-corrected chi connectivity index (χ1v) is 10.5. The molecule has 0 aliphatic heterocycles. The molecule has 0 bridgehead atoms. The summed E-state index contributed by atoms with van der Waals surface area (Å²) in [5.74, 6) is 0.246. The smallest absolute Gasteiger partial charge is 0.257 e. The van der Waals surface area contributed by atoms with Crippen molar-refractivity contribution in [3.63, 3.8) is 0 Å². The lowest BCUT2D eigenvalue weighted by Crippen LogP contribution is -2.35. The van der Waals surface area contributed by atoms with Crippen molar-refractivity contribution in [3.8, 4) is 5.75 Å². The van der Waals surface area contributed by atoms with Crippen LogP contribution in [0.2, 0.25) is 0 Å². The topological polar surface area (TPSA) is 70.7 Å². The minimum Gasteiger partial charge on any atom is -0.494 e. The van der Waals surface area contributed by atoms with Gasteiger partial charge in [0.15, 0.2) is 5.11 Å². The highest BCUT2D eigenvalue weighted by Gasteiger charge is 2.14. The number of carbonyl (C=O) groups is 2. The quantitative estimate of drug-likeness (QED) is 0.456. The molecule has 0 radical (unpaired) electrons. The molecule has 0 heterocycles. The lowest BCUT2D eigenvalue weighted by Gasteiger charge is -2.16. The van der Waals surface area contributed by atoms with Gasteiger partial charge in [-0.25, -0.2) is 0 Å². The van der Waals surface area contributed by atoms with E-state index >= 15 is 0 Å². The summed E-state index contributed by atoms with van der Waals surface area (Å²) in [5.41, 5.74) is 1.47. The second kappa shape index (κ2) is 11.9. The highest BCUT2D eigenvalue weighted by molar-refractivity contribution is 7.80. The molecule has 2 amide bonds. The van der Waals surface area contributed by atoms with E-state index in [0.29, 0.717) is 23.4 Å². The number of ether oxygens (including phenoxy) is 1. The van der Waals surface area contributed by atoms with Gasteiger partial charge in [0.2, 0.25) is 0 Å². The fourth-order valence-corrected chi connectivity index (χ4v) is 2.97. The van der Waals surface area contributed by atoms with E-state index in [4.69, 9.17) is 17.0 Å². The Morgan fingerprint density at radius 1 is 1.00 bits per heavy atom. The van der Waals surface area contributed by atoms with Crippen LogP contribution >= 0.6 is 12.2 Å². The molecule has 0 unspecified atom stereocenters. The van der Waals surface area contributed by atoms with Gasteiger partial charge in [-0.15, -0.1) is 0 Å². The second-order valence-electron chi connectivity index (χ2n) is 7.09. The zero-order valence-corrected chi connectivity index (χ0v) is 18.6. The molecule has 2 rings (SSSR count). The normalized spacial score (nSPS) is 10.2. The molecule has 6 nitrogen and oxygen atoms in total. The fraction of sp³-hybridized carbons (Fsp3) is 0.348. The number of para-hydroxylation sites is 1. The maximum Gasteiger partial charge on any atom is 0.257 e. The number of hydrogen-bond acceptors (Lipinski definition) is 4. The van der Waals surface area contributed by atoms with Crippen molar-refractivity contribution < 1.29 is 14.3 Å². The molecule has 0 aliphatic rings. The Morgan fingerprint density at radius 2 is 1.70 bits per heavy atom. The lowest BCUT2D eigenvalue weighted by atomic mass is 10.1. The van der Waals surface area contributed by atoms with Gasteiger partial charge in [0.1, 0.15) is 5.75 Å². The van der Waals surface area contributed by atoms with Crippen molar-refractivity contribution in [1.82, 2.24) is 10.2 Å². The van der Waals surface area contributed by atoms with Crippen LogP contribution in [0.3, 0.4) is 0 Å². The van der Waals surface area contributed by atoms with E-state index in [9.17, 15) is 9.59 Å². The van der Waals surface area contributed by atoms with Crippen LogP contribution in [-0.4, -0.2) is 42.5 Å². The molecule has 0 atom stereocenters. The maximum absolute atomic E-state index is 12.5. The van der Waals surface area contributed by atoms with Gasteiger partial charge in [-0.1, -0.05) is 38.3 Å². The fourth-order valence-electron chi connectivity index (χ4n) is 2.77. The molecule has 0 fully saturated rings. The third-order valence-corrected chi connectivity index (χ3v) is 4.63. The minimum atomic E-state index is -0.335. The van der Waals surface area contributed by atoms with Crippen LogP contribution in [-0.2, 0) is 0 Å². The predicted octanol–water partition coefficient (Wildman–Crippen LogP) is 4.47. The molecule has 2 aromatic carbocycles. The summed E-state index contributed by atoms with van der Waals surface area (Å²) >= 11 is 5.25. The number of benzene rings is 2. The predicted molar refractivity (Wildman–Crippen MR) is 124 cm³/mol. The Balaban J connectivity index is 1.90. The summed E-state index contributed by atoms with van der Waals surface area (Å²) in [7, 11) is 3.36. The van der Waals surface area contributed by atoms with E-state index in [1.165, 1.54) is 17.7 Å².